The van der Waals surface area contributed by atoms with Gasteiger partial charge in [-0.15, -0.1) is 0 Å². The first-order valence-electron chi connectivity index (χ1n) is 8.22. The fourth-order valence-electron chi connectivity index (χ4n) is 2.22. The molecule has 0 aliphatic rings. The molecule has 0 radical (unpaired) electrons. The summed E-state index contributed by atoms with van der Waals surface area (Å²) >= 11 is 0. The number of nitrogens with zero attached hydrogens (tertiary/aromatic N) is 2. The number of nitrogens with one attached hydrogen (secondary N) is 4. The minimum atomic E-state index is -4.64. The second-order valence-corrected chi connectivity index (χ2v) is 5.65. The molecular weight excluding hydrogens is 377 g/mol. The number of halogens is 3. The molecule has 2 rings (SSSR count). The van der Waals surface area contributed by atoms with Crippen molar-refractivity contribution in [2.75, 3.05) is 30.8 Å². The van der Waals surface area contributed by atoms with Gasteiger partial charge in [-0.3, -0.25) is 9.59 Å². The van der Waals surface area contributed by atoms with Gasteiger partial charge in [0, 0.05) is 44.5 Å². The number of hydrogen-bond donors (Lipinski definition) is 4. The van der Waals surface area contributed by atoms with Gasteiger partial charge < -0.3 is 21.3 Å². The number of anilines is 3. The van der Waals surface area contributed by atoms with Gasteiger partial charge in [0.25, 0.3) is 5.91 Å². The lowest BCUT2D eigenvalue weighted by molar-refractivity contribution is -0.137. The van der Waals surface area contributed by atoms with E-state index in [1.807, 2.05) is 0 Å². The van der Waals surface area contributed by atoms with E-state index in [1.165, 1.54) is 20.0 Å². The van der Waals surface area contributed by atoms with Crippen molar-refractivity contribution < 1.29 is 22.8 Å². The first kappa shape index (κ1) is 20.9. The van der Waals surface area contributed by atoms with E-state index >= 15 is 0 Å². The van der Waals surface area contributed by atoms with Crippen molar-refractivity contribution in [1.82, 2.24) is 20.6 Å². The Kier molecular flexibility index (Phi) is 6.74. The summed E-state index contributed by atoms with van der Waals surface area (Å²) in [7, 11) is 1.49. The van der Waals surface area contributed by atoms with E-state index in [9.17, 15) is 22.8 Å². The van der Waals surface area contributed by atoms with Gasteiger partial charge in [0.05, 0.1) is 0 Å². The summed E-state index contributed by atoms with van der Waals surface area (Å²) in [5.41, 5.74) is -0.224. The van der Waals surface area contributed by atoms with Crippen molar-refractivity contribution in [3.8, 4) is 0 Å². The molecule has 28 heavy (non-hydrogen) atoms. The highest BCUT2D eigenvalue weighted by atomic mass is 19.4. The Bertz CT molecular complexity index is 857. The van der Waals surface area contributed by atoms with Crippen molar-refractivity contribution in [2.45, 2.75) is 13.1 Å². The van der Waals surface area contributed by atoms with E-state index in [0.29, 0.717) is 17.4 Å². The maximum atomic E-state index is 13.2. The van der Waals surface area contributed by atoms with Crippen LogP contribution in [0.2, 0.25) is 0 Å². The number of aromatic nitrogens is 2. The minimum absolute atomic E-state index is 0.0469. The molecule has 2 amide bonds. The fourth-order valence-corrected chi connectivity index (χ4v) is 2.22. The zero-order valence-corrected chi connectivity index (χ0v) is 15.1. The first-order valence-corrected chi connectivity index (χ1v) is 8.22. The summed E-state index contributed by atoms with van der Waals surface area (Å²) in [6.45, 7) is 1.49. The molecule has 0 saturated heterocycles. The topological polar surface area (TPSA) is 108 Å². The van der Waals surface area contributed by atoms with Gasteiger partial charge in [-0.1, -0.05) is 6.07 Å². The lowest BCUT2D eigenvalue weighted by atomic mass is 10.2. The molecule has 1 aromatic heterocycles. The molecule has 8 nitrogen and oxygen atoms in total. The third kappa shape index (κ3) is 5.83. The maximum Gasteiger partial charge on any atom is 0.421 e. The predicted molar refractivity (Wildman–Crippen MR) is 97.3 cm³/mol. The number of hydrogen-bond acceptors (Lipinski definition) is 6. The smallest absolute Gasteiger partial charge is 0.368 e. The highest BCUT2D eigenvalue weighted by Crippen LogP contribution is 2.34. The van der Waals surface area contributed by atoms with Crippen LogP contribution in [0.15, 0.2) is 30.5 Å². The summed E-state index contributed by atoms with van der Waals surface area (Å²) in [5.74, 6) is -1.10. The van der Waals surface area contributed by atoms with Crippen molar-refractivity contribution >= 4 is 29.3 Å². The average Bonchev–Trinajstić information content (AvgIpc) is 2.64. The highest BCUT2D eigenvalue weighted by Gasteiger charge is 2.35. The Morgan fingerprint density at radius 3 is 2.57 bits per heavy atom. The van der Waals surface area contributed by atoms with E-state index in [1.54, 1.807) is 18.2 Å². The Balaban J connectivity index is 2.22. The molecule has 1 heterocycles. The molecule has 1 aromatic carbocycles. The van der Waals surface area contributed by atoms with E-state index in [4.69, 9.17) is 0 Å². The first-order chi connectivity index (χ1) is 13.2. The third-order valence-corrected chi connectivity index (χ3v) is 3.49. The largest absolute Gasteiger partial charge is 0.421 e. The average molecular weight is 396 g/mol. The van der Waals surface area contributed by atoms with Crippen LogP contribution in [0.4, 0.5) is 30.6 Å². The summed E-state index contributed by atoms with van der Waals surface area (Å²) in [4.78, 5) is 30.1. The second kappa shape index (κ2) is 9.02. The lowest BCUT2D eigenvalue weighted by Crippen LogP contribution is -2.27. The second-order valence-electron chi connectivity index (χ2n) is 5.65. The number of carbonyl (C=O) groups excluding carboxylic acids is 2. The van der Waals surface area contributed by atoms with E-state index in [-0.39, 0.29) is 30.9 Å². The number of carbonyl (C=O) groups is 2. The van der Waals surface area contributed by atoms with Crippen LogP contribution in [0.3, 0.4) is 0 Å². The Morgan fingerprint density at radius 1 is 1.18 bits per heavy atom. The molecule has 0 saturated carbocycles. The Morgan fingerprint density at radius 2 is 1.93 bits per heavy atom. The molecule has 11 heteroatoms. The lowest BCUT2D eigenvalue weighted by Gasteiger charge is -2.15. The standard InChI is InChI=1S/C17H19F3N6O2/c1-10(27)22-6-7-23-14-13(17(18,19)20)9-24-16(26-14)25-12-5-3-4-11(8-12)15(28)21-2/h3-5,8-9H,6-7H2,1-2H3,(H,21,28)(H,22,27)(H2,23,24,25,26). The normalized spacial score (nSPS) is 10.9. The Labute approximate surface area is 159 Å². The van der Waals surface area contributed by atoms with Crippen LogP contribution < -0.4 is 21.3 Å². The zero-order chi connectivity index (χ0) is 20.7. The van der Waals surface area contributed by atoms with Gasteiger partial charge in [0.1, 0.15) is 11.4 Å². The van der Waals surface area contributed by atoms with Gasteiger partial charge in [0.15, 0.2) is 0 Å². The van der Waals surface area contributed by atoms with Gasteiger partial charge in [-0.2, -0.15) is 18.2 Å². The van der Waals surface area contributed by atoms with Crippen LogP contribution in [0.5, 0.6) is 0 Å². The monoisotopic (exact) mass is 396 g/mol. The summed E-state index contributed by atoms with van der Waals surface area (Å²) in [6, 6.07) is 6.34. The molecule has 0 aliphatic heterocycles. The Hall–Kier alpha value is -3.37. The van der Waals surface area contributed by atoms with Crippen LogP contribution in [0.1, 0.15) is 22.8 Å². The third-order valence-electron chi connectivity index (χ3n) is 3.49. The van der Waals surface area contributed by atoms with Crippen LogP contribution in [-0.2, 0) is 11.0 Å². The van der Waals surface area contributed by atoms with Gasteiger partial charge in [-0.05, 0) is 18.2 Å². The molecule has 4 N–H and O–H groups in total. The number of rotatable bonds is 7. The van der Waals surface area contributed by atoms with E-state index < -0.39 is 17.6 Å². The molecule has 2 aromatic rings. The molecule has 0 atom stereocenters. The van der Waals surface area contributed by atoms with Crippen molar-refractivity contribution in [2.24, 2.45) is 0 Å². The molecule has 0 spiro atoms. The highest BCUT2D eigenvalue weighted by molar-refractivity contribution is 5.95. The molecule has 0 bridgehead atoms. The summed E-state index contributed by atoms with van der Waals surface area (Å²) < 4.78 is 39.5. The van der Waals surface area contributed by atoms with Crippen LogP contribution in [-0.4, -0.2) is 41.9 Å². The molecular formula is C17H19F3N6O2. The summed E-state index contributed by atoms with van der Waals surface area (Å²) in [5, 5.41) is 10.3. The van der Waals surface area contributed by atoms with Crippen LogP contribution in [0.25, 0.3) is 0 Å². The molecule has 0 unspecified atom stereocenters. The van der Waals surface area contributed by atoms with E-state index in [2.05, 4.69) is 31.2 Å². The van der Waals surface area contributed by atoms with Crippen LogP contribution >= 0.6 is 0 Å². The van der Waals surface area contributed by atoms with E-state index in [0.717, 1.165) is 0 Å². The number of benzene rings is 1. The summed E-state index contributed by atoms with van der Waals surface area (Å²) in [6.07, 6.45) is -3.98. The predicted octanol–water partition coefficient (Wildman–Crippen LogP) is 2.15. The minimum Gasteiger partial charge on any atom is -0.368 e. The van der Waals surface area contributed by atoms with Crippen molar-refractivity contribution in [1.29, 1.82) is 0 Å². The van der Waals surface area contributed by atoms with Crippen molar-refractivity contribution in [3.05, 3.63) is 41.6 Å². The van der Waals surface area contributed by atoms with Crippen LogP contribution in [0, 0.1) is 0 Å². The number of alkyl halides is 3. The van der Waals surface area contributed by atoms with Crippen molar-refractivity contribution in [3.63, 3.8) is 0 Å². The quantitative estimate of drug-likeness (QED) is 0.534. The SMILES string of the molecule is CNC(=O)c1cccc(Nc2ncc(C(F)(F)F)c(NCCNC(C)=O)n2)c1. The number of amides is 2. The molecule has 0 aliphatic carbocycles. The molecule has 150 valence electrons. The molecule has 0 fully saturated rings. The van der Waals surface area contributed by atoms with Gasteiger partial charge in [0.2, 0.25) is 11.9 Å². The maximum absolute atomic E-state index is 13.2. The zero-order valence-electron chi connectivity index (χ0n) is 15.1. The van der Waals surface area contributed by atoms with Gasteiger partial charge >= 0.3 is 6.18 Å². The van der Waals surface area contributed by atoms with Gasteiger partial charge in [-0.25, -0.2) is 4.98 Å². The fraction of sp³-hybridized carbons (Fsp3) is 0.294.